The maximum Gasteiger partial charge on any atom is 0.408 e. The molecule has 77 heteroatoms. The van der Waals surface area contributed by atoms with E-state index in [-0.39, 0.29) is 30.8 Å². The Bertz CT molecular complexity index is 3070. The lowest BCUT2D eigenvalue weighted by Crippen LogP contribution is -2.32. The fourth-order valence-electron chi connectivity index (χ4n) is 5.74. The van der Waals surface area contributed by atoms with Gasteiger partial charge in [-0.1, -0.05) is 51.3 Å². The number of aromatic nitrogens is 8. The second-order valence-electron chi connectivity index (χ2n) is 14.5. The lowest BCUT2D eigenvalue weighted by atomic mass is 10.1. The van der Waals surface area contributed by atoms with E-state index in [1.165, 1.54) is 6.20 Å². The van der Waals surface area contributed by atoms with Crippen molar-refractivity contribution >= 4 is 52.4 Å². The molecule has 0 spiro atoms. The zero-order valence-corrected chi connectivity index (χ0v) is 56.1. The van der Waals surface area contributed by atoms with Crippen LogP contribution in [0.15, 0.2) is 122 Å². The van der Waals surface area contributed by atoms with Gasteiger partial charge in [-0.2, -0.15) is 15.5 Å². The number of amides is 3. The minimum absolute atomic E-state index is 0.0334. The number of carbonyl (C=O) groups excluding carboxylic acids is 3. The molecule has 0 bridgehead atoms. The summed E-state index contributed by atoms with van der Waals surface area (Å²) in [5, 5.41) is 21.4. The average Bonchev–Trinajstić information content (AvgIpc) is 1.64. The molecule has 0 radical (unpaired) electrons. The number of carbonyl (C=O) groups is 3. The molecular formula is C41H41ClF54N16O6. The number of nitrogens with zero attached hydrogens (tertiary/aromatic N) is 11. The Kier molecular flexibility index (Phi) is 226. The van der Waals surface area contributed by atoms with E-state index in [2.05, 4.69) is 73.1 Å². The number of pyridine rings is 2. The van der Waals surface area contributed by atoms with E-state index in [0.29, 0.717) is 57.2 Å². The zero-order valence-electron chi connectivity index (χ0n) is 55.4. The molecule has 8 aromatic rings. The topological polar surface area (TPSA) is 296 Å². The van der Waals surface area contributed by atoms with Gasteiger partial charge in [-0.25, -0.2) is 14.8 Å². The molecule has 3 amide bonds. The van der Waals surface area contributed by atoms with Crippen molar-refractivity contribution in [3.63, 3.8) is 0 Å². The number of nitrogens with one attached hydrogen (secondary N) is 4. The standard InChI is InChI=1S/C23H24N6O4.C18H16N6O2.ClHN4.27F2/c1-14-8-9-15(20-27-19(33-28-20)13-25-22(31)32-23(2,3)4)11-16(14)26-21(30)17-12-24-18-7-5-6-10-29(17)18;1-11-5-6-12(17-22-16(9-19)26-23-17)8-13(11)21-18(25)14-10-20-15-4-2-3-7-24(14)15;1-3-5-4-2;27*1-2/h5-12H,13H2,1-4H3,(H,25,31)(H,26,30);2-8,10H,9,19H2,1H3,(H,21,25);2H;;;;;;;;;;;;;;;;;;;;;;;;;;;. The van der Waals surface area contributed by atoms with Crippen molar-refractivity contribution in [2.24, 2.45) is 20.8 Å². The van der Waals surface area contributed by atoms with Gasteiger partial charge >= 0.3 is 6.09 Å². The molecule has 6 aromatic heterocycles. The molecule has 0 unspecified atom stereocenters. The first-order valence-electron chi connectivity index (χ1n) is 23.0. The third kappa shape index (κ3) is 91.2. The van der Waals surface area contributed by atoms with Crippen molar-refractivity contribution in [1.82, 2.24) is 44.4 Å². The number of anilines is 2. The van der Waals surface area contributed by atoms with Crippen LogP contribution in [0.25, 0.3) is 34.1 Å². The van der Waals surface area contributed by atoms with E-state index >= 15 is 0 Å². The van der Waals surface area contributed by atoms with Crippen LogP contribution in [0, 0.1) is 19.4 Å². The Balaban J connectivity index is -0.0000000483. The number of hydrogen-bond donors (Lipinski definition) is 5. The Labute approximate surface area is 617 Å². The predicted octanol–water partition coefficient (Wildman–Crippen LogP) is 30.6. The summed E-state index contributed by atoms with van der Waals surface area (Å²) in [6.45, 7) is 9.35. The summed E-state index contributed by atoms with van der Waals surface area (Å²) in [7, 11) is 0. The van der Waals surface area contributed by atoms with E-state index in [1.807, 2.05) is 80.6 Å². The minimum Gasteiger partial charge on any atom is -0.444 e. The zero-order chi connectivity index (χ0) is 99.8. The van der Waals surface area contributed by atoms with Crippen molar-refractivity contribution in [3.8, 4) is 22.8 Å². The lowest BCUT2D eigenvalue weighted by Gasteiger charge is -2.19. The summed E-state index contributed by atoms with van der Waals surface area (Å²) in [6.07, 6.45) is 6.10. The van der Waals surface area contributed by atoms with Crippen molar-refractivity contribution in [2.75, 3.05) is 10.6 Å². The van der Waals surface area contributed by atoms with Crippen molar-refractivity contribution in [1.29, 1.82) is 5.53 Å². The van der Waals surface area contributed by atoms with Gasteiger partial charge in [0, 0.05) is 282 Å². The monoisotopic (exact) mass is 1910 g/mol. The molecule has 0 aliphatic carbocycles. The number of benzene rings is 2. The van der Waals surface area contributed by atoms with Crippen molar-refractivity contribution < 1.29 is 275 Å². The maximum atomic E-state index is 12.9. The first-order chi connectivity index (χ1) is 57.8. The molecule has 0 atom stereocenters. The van der Waals surface area contributed by atoms with Crippen LogP contribution < -0.4 is 21.7 Å². The van der Waals surface area contributed by atoms with Crippen molar-refractivity contribution in [3.05, 3.63) is 132 Å². The highest BCUT2D eigenvalue weighted by atomic mass is 35.5. The second kappa shape index (κ2) is 161. The van der Waals surface area contributed by atoms with Crippen LogP contribution in [0.4, 0.5) is 263 Å². The maximum absolute atomic E-state index is 12.9. The van der Waals surface area contributed by atoms with Gasteiger partial charge in [-0.05, 0) is 92.6 Å². The molecule has 0 aliphatic heterocycles. The van der Waals surface area contributed by atoms with Crippen LogP contribution in [-0.4, -0.2) is 62.6 Å². The van der Waals surface area contributed by atoms with Gasteiger partial charge in [0.2, 0.25) is 23.4 Å². The number of halogens is 55. The third-order valence-corrected chi connectivity index (χ3v) is 8.83. The Morgan fingerprint density at radius 2 is 0.712 bits per heavy atom. The normalized spacial score (nSPS) is 7.36. The van der Waals surface area contributed by atoms with E-state index in [9.17, 15) is 14.4 Å². The fourth-order valence-corrected chi connectivity index (χ4v) is 5.78. The second-order valence-corrected chi connectivity index (χ2v) is 14.6. The van der Waals surface area contributed by atoms with Gasteiger partial charge < -0.3 is 35.5 Å². The van der Waals surface area contributed by atoms with Crippen LogP contribution in [0.2, 0.25) is 0 Å². The SMILES string of the molecule is Cc1ccc(-c2noc(CN)n2)cc1NC(=O)c1cnc2ccccn12.Cc1ccc(-c2noc(CNC(=O)OC(C)(C)C)n2)cc1NC(=O)c1cnc2ccccn12.FF.FF.FF.FF.FF.FF.FF.FF.FF.FF.FF.FF.FF.FF.FF.FF.FF.FF.FF.FF.FF.FF.FF.FF.FF.FF.FF.N=NN=NCl. The number of alkyl carbamates (subject to hydrolysis) is 1. The Morgan fingerprint density at radius 3 is 0.949 bits per heavy atom. The molecular weight excluding hydrogens is 1870 g/mol. The first-order valence-corrected chi connectivity index (χ1v) is 23.3. The summed E-state index contributed by atoms with van der Waals surface area (Å²) >= 11 is 4.55. The molecule has 0 fully saturated rings. The van der Waals surface area contributed by atoms with Gasteiger partial charge in [-0.3, -0.25) is 18.4 Å². The summed E-state index contributed by atoms with van der Waals surface area (Å²) in [6, 6.07) is 22.1. The first kappa shape index (κ1) is 166. The number of aryl methyl sites for hydroxylation is 2. The summed E-state index contributed by atoms with van der Waals surface area (Å²) in [5.74, 6) is 0.811. The molecule has 8 rings (SSSR count). The van der Waals surface area contributed by atoms with Gasteiger partial charge in [0.1, 0.15) is 34.8 Å². The van der Waals surface area contributed by atoms with E-state index in [4.69, 9.17) is 272 Å². The fraction of sp³-hybridized carbons (Fsp3) is 0.195. The van der Waals surface area contributed by atoms with E-state index < -0.39 is 11.7 Å². The molecule has 2 aromatic carbocycles. The molecule has 118 heavy (non-hydrogen) atoms. The average molecular weight is 1920 g/mol. The number of rotatable bonds is 10. The number of nitrogens with two attached hydrogens (primary N) is 1. The van der Waals surface area contributed by atoms with Crippen LogP contribution in [0.3, 0.4) is 0 Å². The van der Waals surface area contributed by atoms with Gasteiger partial charge in [-0.15, -0.1) is 0 Å². The quantitative estimate of drug-likeness (QED) is 0.0484. The molecule has 0 aliphatic rings. The minimum atomic E-state index is -0.601. The Morgan fingerprint density at radius 1 is 0.441 bits per heavy atom. The van der Waals surface area contributed by atoms with Crippen LogP contribution in [0.1, 0.15) is 64.7 Å². The molecule has 6 N–H and O–H groups in total. The lowest BCUT2D eigenvalue weighted by molar-refractivity contribution is 0.0517. The summed E-state index contributed by atoms with van der Waals surface area (Å²) < 4.78 is 454. The molecule has 6 heterocycles. The van der Waals surface area contributed by atoms with Gasteiger partial charge in [0.05, 0.1) is 30.7 Å². The smallest absolute Gasteiger partial charge is 0.408 e. The Hall–Kier alpha value is -12.0. The van der Waals surface area contributed by atoms with E-state index in [1.54, 1.807) is 54.2 Å². The van der Waals surface area contributed by atoms with E-state index in [0.717, 1.165) is 16.7 Å². The summed E-state index contributed by atoms with van der Waals surface area (Å²) in [5.41, 5.74) is 17.5. The van der Waals surface area contributed by atoms with Crippen LogP contribution in [0.5, 0.6) is 0 Å². The van der Waals surface area contributed by atoms with Crippen LogP contribution >= 0.6 is 11.8 Å². The largest absolute Gasteiger partial charge is 0.444 e. The number of ether oxygens (including phenoxy) is 1. The van der Waals surface area contributed by atoms with Crippen molar-refractivity contribution in [2.45, 2.75) is 53.3 Å². The predicted molar refractivity (Wildman–Crippen MR) is 292 cm³/mol. The molecule has 0 saturated heterocycles. The highest BCUT2D eigenvalue weighted by Crippen LogP contribution is 2.26. The molecule has 22 nitrogen and oxygen atoms in total. The highest BCUT2D eigenvalue weighted by Gasteiger charge is 2.19. The van der Waals surface area contributed by atoms with Gasteiger partial charge in [0.15, 0.2) is 0 Å². The van der Waals surface area contributed by atoms with Crippen LogP contribution in [-0.2, 0) is 17.8 Å². The third-order valence-electron chi connectivity index (χ3n) is 8.76. The highest BCUT2D eigenvalue weighted by molar-refractivity contribution is 6.13. The number of hydrogen-bond acceptors (Lipinski definition) is 15. The number of fused-ring (bicyclic) bond motifs is 2. The number of imidazole rings is 2. The molecule has 706 valence electrons. The van der Waals surface area contributed by atoms with Gasteiger partial charge in [0.25, 0.3) is 11.8 Å². The molecule has 0 saturated carbocycles. The summed E-state index contributed by atoms with van der Waals surface area (Å²) in [4.78, 5) is 54.4.